The summed E-state index contributed by atoms with van der Waals surface area (Å²) >= 11 is 1.83. The zero-order chi connectivity index (χ0) is 13.8. The van der Waals surface area contributed by atoms with E-state index in [0.29, 0.717) is 6.04 Å². The van der Waals surface area contributed by atoms with Gasteiger partial charge in [-0.3, -0.25) is 0 Å². The normalized spacial score (nSPS) is 15.9. The van der Waals surface area contributed by atoms with E-state index in [0.717, 1.165) is 13.1 Å². The highest BCUT2D eigenvalue weighted by Crippen LogP contribution is 2.26. The molecule has 1 aliphatic heterocycles. The first kappa shape index (κ1) is 13.7. The molecule has 106 valence electrons. The largest absolute Gasteiger partial charge is 0.370 e. The van der Waals surface area contributed by atoms with Gasteiger partial charge in [-0.1, -0.05) is 24.3 Å². The lowest BCUT2D eigenvalue weighted by Gasteiger charge is -2.31. The highest BCUT2D eigenvalue weighted by Gasteiger charge is 2.15. The predicted octanol–water partition coefficient (Wildman–Crippen LogP) is 3.85. The van der Waals surface area contributed by atoms with E-state index in [-0.39, 0.29) is 0 Å². The molecule has 3 rings (SSSR count). The molecule has 1 aromatic carbocycles. The standard InChI is InChI=1S/C17H22N2S/c1-14(17-9-5-13-20-17)18-10-12-19-11-4-7-15-6-2-3-8-16(15)19/h2-3,5-6,8-9,13-14,18H,4,7,10-12H2,1H3. The number of hydrogen-bond donors (Lipinski definition) is 1. The van der Waals surface area contributed by atoms with Crippen molar-refractivity contribution in [2.24, 2.45) is 0 Å². The van der Waals surface area contributed by atoms with Crippen molar-refractivity contribution in [1.29, 1.82) is 0 Å². The van der Waals surface area contributed by atoms with Gasteiger partial charge in [0.15, 0.2) is 0 Å². The number of anilines is 1. The third-order valence-electron chi connectivity index (χ3n) is 4.01. The van der Waals surface area contributed by atoms with Crippen molar-refractivity contribution in [1.82, 2.24) is 5.32 Å². The van der Waals surface area contributed by atoms with E-state index >= 15 is 0 Å². The molecule has 1 aromatic heterocycles. The fraction of sp³-hybridized carbons (Fsp3) is 0.412. The van der Waals surface area contributed by atoms with Crippen molar-refractivity contribution in [2.45, 2.75) is 25.8 Å². The summed E-state index contributed by atoms with van der Waals surface area (Å²) in [6.07, 6.45) is 2.50. The van der Waals surface area contributed by atoms with Gasteiger partial charge in [0, 0.05) is 36.2 Å². The van der Waals surface area contributed by atoms with E-state index in [1.165, 1.54) is 35.5 Å². The Morgan fingerprint density at radius 2 is 2.15 bits per heavy atom. The summed E-state index contributed by atoms with van der Waals surface area (Å²) in [6, 6.07) is 13.6. The maximum Gasteiger partial charge on any atom is 0.0399 e. The van der Waals surface area contributed by atoms with Gasteiger partial charge in [0.05, 0.1) is 0 Å². The molecule has 0 saturated heterocycles. The van der Waals surface area contributed by atoms with Crippen LogP contribution in [0, 0.1) is 0 Å². The first-order valence-electron chi connectivity index (χ1n) is 7.44. The quantitative estimate of drug-likeness (QED) is 0.898. The second-order valence-corrected chi connectivity index (χ2v) is 6.39. The van der Waals surface area contributed by atoms with Crippen molar-refractivity contribution < 1.29 is 0 Å². The molecule has 0 saturated carbocycles. The minimum Gasteiger partial charge on any atom is -0.370 e. The molecule has 2 aromatic rings. The number of nitrogens with one attached hydrogen (secondary N) is 1. The molecule has 20 heavy (non-hydrogen) atoms. The SMILES string of the molecule is CC(NCCN1CCCc2ccccc21)c1cccs1. The van der Waals surface area contributed by atoms with Gasteiger partial charge in [0.25, 0.3) is 0 Å². The fourth-order valence-corrected chi connectivity index (χ4v) is 3.66. The Balaban J connectivity index is 1.55. The van der Waals surface area contributed by atoms with E-state index in [4.69, 9.17) is 0 Å². The van der Waals surface area contributed by atoms with Gasteiger partial charge in [-0.15, -0.1) is 11.3 Å². The molecular formula is C17H22N2S. The number of fused-ring (bicyclic) bond motifs is 1. The molecule has 0 radical (unpaired) electrons. The summed E-state index contributed by atoms with van der Waals surface area (Å²) in [5.74, 6) is 0. The lowest BCUT2D eigenvalue weighted by molar-refractivity contribution is 0.567. The summed E-state index contributed by atoms with van der Waals surface area (Å²) in [5.41, 5.74) is 2.94. The molecule has 1 atom stereocenters. The third kappa shape index (κ3) is 3.05. The second-order valence-electron chi connectivity index (χ2n) is 5.41. The molecule has 0 amide bonds. The topological polar surface area (TPSA) is 15.3 Å². The molecule has 2 nitrogen and oxygen atoms in total. The van der Waals surface area contributed by atoms with E-state index < -0.39 is 0 Å². The maximum atomic E-state index is 3.63. The number of benzene rings is 1. The Morgan fingerprint density at radius 1 is 1.25 bits per heavy atom. The molecule has 3 heteroatoms. The minimum atomic E-state index is 0.454. The van der Waals surface area contributed by atoms with Crippen LogP contribution in [-0.4, -0.2) is 19.6 Å². The average Bonchev–Trinajstić information content (AvgIpc) is 3.02. The van der Waals surface area contributed by atoms with E-state index in [1.807, 2.05) is 11.3 Å². The van der Waals surface area contributed by atoms with E-state index in [2.05, 4.69) is 58.9 Å². The van der Waals surface area contributed by atoms with Gasteiger partial charge >= 0.3 is 0 Å². The van der Waals surface area contributed by atoms with Crippen molar-refractivity contribution >= 4 is 17.0 Å². The van der Waals surface area contributed by atoms with E-state index in [1.54, 1.807) is 0 Å². The third-order valence-corrected chi connectivity index (χ3v) is 5.06. The monoisotopic (exact) mass is 286 g/mol. The number of para-hydroxylation sites is 1. The van der Waals surface area contributed by atoms with Crippen LogP contribution in [0.4, 0.5) is 5.69 Å². The zero-order valence-electron chi connectivity index (χ0n) is 12.0. The van der Waals surface area contributed by atoms with Crippen LogP contribution in [0.1, 0.15) is 29.8 Å². The van der Waals surface area contributed by atoms with E-state index in [9.17, 15) is 0 Å². The van der Waals surface area contributed by atoms with Crippen LogP contribution >= 0.6 is 11.3 Å². The number of rotatable bonds is 5. The summed E-state index contributed by atoms with van der Waals surface area (Å²) < 4.78 is 0. The van der Waals surface area contributed by atoms with Crippen LogP contribution in [0.2, 0.25) is 0 Å². The summed E-state index contributed by atoms with van der Waals surface area (Å²) in [6.45, 7) is 5.56. The molecule has 2 heterocycles. The minimum absolute atomic E-state index is 0.454. The molecule has 0 spiro atoms. The Morgan fingerprint density at radius 3 is 3.00 bits per heavy atom. The fourth-order valence-electron chi connectivity index (χ4n) is 2.90. The molecule has 0 fully saturated rings. The lowest BCUT2D eigenvalue weighted by atomic mass is 10.0. The second kappa shape index (κ2) is 6.42. The highest BCUT2D eigenvalue weighted by atomic mass is 32.1. The van der Waals surface area contributed by atoms with Crippen LogP contribution in [0.3, 0.4) is 0 Å². The van der Waals surface area contributed by atoms with Crippen molar-refractivity contribution in [3.63, 3.8) is 0 Å². The molecule has 0 aliphatic carbocycles. The van der Waals surface area contributed by atoms with Gasteiger partial charge < -0.3 is 10.2 Å². The summed E-state index contributed by atoms with van der Waals surface area (Å²) in [4.78, 5) is 3.94. The van der Waals surface area contributed by atoms with Crippen molar-refractivity contribution in [3.8, 4) is 0 Å². The lowest BCUT2D eigenvalue weighted by Crippen LogP contribution is -2.36. The van der Waals surface area contributed by atoms with Crippen molar-refractivity contribution in [2.75, 3.05) is 24.5 Å². The number of hydrogen-bond acceptors (Lipinski definition) is 3. The van der Waals surface area contributed by atoms with Gasteiger partial charge in [0.1, 0.15) is 0 Å². The predicted molar refractivity (Wildman–Crippen MR) is 87.7 cm³/mol. The van der Waals surface area contributed by atoms with Gasteiger partial charge in [-0.25, -0.2) is 0 Å². The van der Waals surface area contributed by atoms with Crippen LogP contribution < -0.4 is 10.2 Å². The number of aryl methyl sites for hydroxylation is 1. The maximum absolute atomic E-state index is 3.63. The van der Waals surface area contributed by atoms with Gasteiger partial charge in [-0.2, -0.15) is 0 Å². The molecular weight excluding hydrogens is 264 g/mol. The first-order chi connectivity index (χ1) is 9.84. The number of nitrogens with zero attached hydrogens (tertiary/aromatic N) is 1. The van der Waals surface area contributed by atoms with Gasteiger partial charge in [0.2, 0.25) is 0 Å². The Bertz CT molecular complexity index is 536. The Labute approximate surface area is 125 Å². The number of thiophene rings is 1. The van der Waals surface area contributed by atoms with Crippen LogP contribution in [-0.2, 0) is 6.42 Å². The summed E-state index contributed by atoms with van der Waals surface area (Å²) in [7, 11) is 0. The first-order valence-corrected chi connectivity index (χ1v) is 8.32. The van der Waals surface area contributed by atoms with Crippen molar-refractivity contribution in [3.05, 3.63) is 52.2 Å². The zero-order valence-corrected chi connectivity index (χ0v) is 12.8. The van der Waals surface area contributed by atoms with Gasteiger partial charge in [-0.05, 0) is 42.8 Å². The van der Waals surface area contributed by atoms with Crippen LogP contribution in [0.15, 0.2) is 41.8 Å². The average molecular weight is 286 g/mol. The Kier molecular flexibility index (Phi) is 4.38. The Hall–Kier alpha value is -1.32. The highest BCUT2D eigenvalue weighted by molar-refractivity contribution is 7.10. The van der Waals surface area contributed by atoms with Crippen LogP contribution in [0.5, 0.6) is 0 Å². The molecule has 1 N–H and O–H groups in total. The van der Waals surface area contributed by atoms with Crippen LogP contribution in [0.25, 0.3) is 0 Å². The smallest absolute Gasteiger partial charge is 0.0399 e. The molecule has 0 bridgehead atoms. The molecule has 1 aliphatic rings. The molecule has 1 unspecified atom stereocenters. The summed E-state index contributed by atoms with van der Waals surface area (Å²) in [5, 5.41) is 5.78.